The number of halogens is 1. The van der Waals surface area contributed by atoms with Crippen LogP contribution in [0.3, 0.4) is 0 Å². The molecule has 0 saturated heterocycles. The molecule has 2 aromatic rings. The highest BCUT2D eigenvalue weighted by atomic mass is 35.5. The minimum absolute atomic E-state index is 0.360. The third kappa shape index (κ3) is 2.40. The SMILES string of the molecule is COc1cc(OC)c2c(C)c(CCCl)c(=O)oc2c1. The number of fused-ring (bicyclic) bond motifs is 1. The van der Waals surface area contributed by atoms with E-state index in [1.165, 1.54) is 0 Å². The van der Waals surface area contributed by atoms with Gasteiger partial charge in [0.05, 0.1) is 19.6 Å². The lowest BCUT2D eigenvalue weighted by Crippen LogP contribution is -2.11. The highest BCUT2D eigenvalue weighted by Crippen LogP contribution is 2.33. The van der Waals surface area contributed by atoms with Crippen molar-refractivity contribution in [2.24, 2.45) is 0 Å². The number of aryl methyl sites for hydroxylation is 1. The Balaban J connectivity index is 2.84. The largest absolute Gasteiger partial charge is 0.496 e. The molecule has 2 rings (SSSR count). The van der Waals surface area contributed by atoms with E-state index in [1.807, 2.05) is 6.92 Å². The van der Waals surface area contributed by atoms with E-state index in [0.717, 1.165) is 10.9 Å². The van der Waals surface area contributed by atoms with Crippen LogP contribution in [0.5, 0.6) is 11.5 Å². The molecule has 0 unspecified atom stereocenters. The van der Waals surface area contributed by atoms with Crippen LogP contribution in [0.25, 0.3) is 11.0 Å². The van der Waals surface area contributed by atoms with Crippen LogP contribution in [0.1, 0.15) is 11.1 Å². The van der Waals surface area contributed by atoms with Crippen LogP contribution in [0.4, 0.5) is 0 Å². The van der Waals surface area contributed by atoms with E-state index in [4.69, 9.17) is 25.5 Å². The van der Waals surface area contributed by atoms with E-state index in [0.29, 0.717) is 34.9 Å². The second-order valence-electron chi connectivity index (χ2n) is 4.13. The smallest absolute Gasteiger partial charge is 0.339 e. The second-order valence-corrected chi connectivity index (χ2v) is 4.51. The summed E-state index contributed by atoms with van der Waals surface area (Å²) < 4.78 is 15.8. The number of ether oxygens (including phenoxy) is 2. The van der Waals surface area contributed by atoms with Gasteiger partial charge < -0.3 is 13.9 Å². The van der Waals surface area contributed by atoms with Gasteiger partial charge in [-0.3, -0.25) is 0 Å². The molecule has 0 spiro atoms. The van der Waals surface area contributed by atoms with Crippen LogP contribution in [0.2, 0.25) is 0 Å². The van der Waals surface area contributed by atoms with Gasteiger partial charge >= 0.3 is 5.63 Å². The lowest BCUT2D eigenvalue weighted by molar-refractivity contribution is 0.395. The molecule has 0 N–H and O–H groups in total. The molecule has 19 heavy (non-hydrogen) atoms. The fraction of sp³-hybridized carbons (Fsp3) is 0.357. The van der Waals surface area contributed by atoms with Gasteiger partial charge in [0.2, 0.25) is 0 Å². The Morgan fingerprint density at radius 3 is 2.58 bits per heavy atom. The fourth-order valence-electron chi connectivity index (χ4n) is 2.14. The molecule has 1 heterocycles. The van der Waals surface area contributed by atoms with E-state index in [-0.39, 0.29) is 5.63 Å². The molecule has 0 fully saturated rings. The number of hydrogen-bond donors (Lipinski definition) is 0. The van der Waals surface area contributed by atoms with E-state index >= 15 is 0 Å². The average molecular weight is 283 g/mol. The molecular weight excluding hydrogens is 268 g/mol. The quantitative estimate of drug-likeness (QED) is 0.639. The topological polar surface area (TPSA) is 48.7 Å². The Labute approximate surface area is 115 Å². The lowest BCUT2D eigenvalue weighted by Gasteiger charge is -2.12. The number of rotatable bonds is 4. The van der Waals surface area contributed by atoms with E-state index in [9.17, 15) is 4.79 Å². The number of benzene rings is 1. The van der Waals surface area contributed by atoms with Crippen LogP contribution in [0.15, 0.2) is 21.3 Å². The first-order valence-electron chi connectivity index (χ1n) is 5.86. The normalized spacial score (nSPS) is 10.7. The van der Waals surface area contributed by atoms with Crippen LogP contribution < -0.4 is 15.1 Å². The van der Waals surface area contributed by atoms with Gasteiger partial charge in [-0.15, -0.1) is 11.6 Å². The molecule has 0 radical (unpaired) electrons. The van der Waals surface area contributed by atoms with Gasteiger partial charge in [-0.1, -0.05) is 0 Å². The highest BCUT2D eigenvalue weighted by Gasteiger charge is 2.16. The summed E-state index contributed by atoms with van der Waals surface area (Å²) in [6.07, 6.45) is 0.473. The molecule has 1 aromatic carbocycles. The monoisotopic (exact) mass is 282 g/mol. The molecule has 102 valence electrons. The van der Waals surface area contributed by atoms with Crippen molar-refractivity contribution in [3.8, 4) is 11.5 Å². The minimum atomic E-state index is -0.360. The van der Waals surface area contributed by atoms with E-state index in [2.05, 4.69) is 0 Å². The Hall–Kier alpha value is -1.68. The predicted molar refractivity (Wildman–Crippen MR) is 74.7 cm³/mol. The summed E-state index contributed by atoms with van der Waals surface area (Å²) in [5.41, 5.74) is 1.52. The van der Waals surface area contributed by atoms with Crippen molar-refractivity contribution >= 4 is 22.6 Å². The van der Waals surface area contributed by atoms with Crippen LogP contribution in [-0.4, -0.2) is 20.1 Å². The highest BCUT2D eigenvalue weighted by molar-refractivity contribution is 6.18. The number of hydrogen-bond acceptors (Lipinski definition) is 4. The van der Waals surface area contributed by atoms with Crippen molar-refractivity contribution in [2.45, 2.75) is 13.3 Å². The third-order valence-electron chi connectivity index (χ3n) is 3.12. The maximum atomic E-state index is 11.9. The second kappa shape index (κ2) is 5.53. The summed E-state index contributed by atoms with van der Waals surface area (Å²) in [4.78, 5) is 11.9. The maximum absolute atomic E-state index is 11.9. The Bertz CT molecular complexity index is 661. The first kappa shape index (κ1) is 13.7. The van der Waals surface area contributed by atoms with Gasteiger partial charge in [0.1, 0.15) is 17.1 Å². The predicted octanol–water partition coefficient (Wildman–Crippen LogP) is 2.90. The molecule has 1 aromatic heterocycles. The summed E-state index contributed by atoms with van der Waals surface area (Å²) in [7, 11) is 3.12. The van der Waals surface area contributed by atoms with Crippen molar-refractivity contribution < 1.29 is 13.9 Å². The third-order valence-corrected chi connectivity index (χ3v) is 3.31. The van der Waals surface area contributed by atoms with Gasteiger partial charge in [-0.05, 0) is 18.9 Å². The van der Waals surface area contributed by atoms with E-state index in [1.54, 1.807) is 26.4 Å². The molecule has 0 amide bonds. The van der Waals surface area contributed by atoms with Crippen molar-refractivity contribution in [1.82, 2.24) is 0 Å². The van der Waals surface area contributed by atoms with Crippen LogP contribution in [-0.2, 0) is 6.42 Å². The van der Waals surface area contributed by atoms with Crippen molar-refractivity contribution in [1.29, 1.82) is 0 Å². The van der Waals surface area contributed by atoms with Gasteiger partial charge in [0, 0.05) is 23.6 Å². The van der Waals surface area contributed by atoms with Gasteiger partial charge in [0.15, 0.2) is 0 Å². The van der Waals surface area contributed by atoms with Crippen molar-refractivity contribution in [3.63, 3.8) is 0 Å². The zero-order chi connectivity index (χ0) is 14.0. The number of methoxy groups -OCH3 is 2. The molecule has 0 aliphatic carbocycles. The molecule has 0 aliphatic heterocycles. The zero-order valence-corrected chi connectivity index (χ0v) is 11.8. The maximum Gasteiger partial charge on any atom is 0.339 e. The average Bonchev–Trinajstić information content (AvgIpc) is 2.41. The summed E-state index contributed by atoms with van der Waals surface area (Å²) in [6.45, 7) is 1.87. The van der Waals surface area contributed by atoms with Gasteiger partial charge in [0.25, 0.3) is 0 Å². The first-order valence-corrected chi connectivity index (χ1v) is 6.40. The standard InChI is InChI=1S/C14H15ClO4/c1-8-10(4-5-15)14(16)19-12-7-9(17-2)6-11(18-3)13(8)12/h6-7H,4-5H2,1-3H3. The molecule has 0 atom stereocenters. The summed E-state index contributed by atoms with van der Waals surface area (Å²) >= 11 is 5.72. The lowest BCUT2D eigenvalue weighted by atomic mass is 10.0. The first-order chi connectivity index (χ1) is 9.12. The molecule has 0 bridgehead atoms. The van der Waals surface area contributed by atoms with Crippen molar-refractivity contribution in [2.75, 3.05) is 20.1 Å². The van der Waals surface area contributed by atoms with Crippen molar-refractivity contribution in [3.05, 3.63) is 33.7 Å². The van der Waals surface area contributed by atoms with Crippen LogP contribution in [0, 0.1) is 6.92 Å². The van der Waals surface area contributed by atoms with E-state index < -0.39 is 0 Å². The van der Waals surface area contributed by atoms with Gasteiger partial charge in [-0.25, -0.2) is 4.79 Å². The summed E-state index contributed by atoms with van der Waals surface area (Å²) in [5, 5.41) is 0.781. The molecule has 4 nitrogen and oxygen atoms in total. The Morgan fingerprint density at radius 1 is 1.26 bits per heavy atom. The fourth-order valence-corrected chi connectivity index (χ4v) is 2.33. The summed E-state index contributed by atoms with van der Waals surface area (Å²) in [5.74, 6) is 1.57. The van der Waals surface area contributed by atoms with Crippen LogP contribution >= 0.6 is 11.6 Å². The Morgan fingerprint density at radius 2 is 2.00 bits per heavy atom. The molecule has 0 saturated carbocycles. The molecular formula is C14H15ClO4. The molecule has 0 aliphatic rings. The minimum Gasteiger partial charge on any atom is -0.496 e. The molecule has 5 heteroatoms. The summed E-state index contributed by atoms with van der Waals surface area (Å²) in [6, 6.07) is 3.44. The zero-order valence-electron chi connectivity index (χ0n) is 11.1. The Kier molecular flexibility index (Phi) is 4.00. The number of alkyl halides is 1. The van der Waals surface area contributed by atoms with Gasteiger partial charge in [-0.2, -0.15) is 0 Å².